The van der Waals surface area contributed by atoms with Gasteiger partial charge in [0.1, 0.15) is 0 Å². The molecule has 0 amide bonds. The highest BCUT2D eigenvalue weighted by Gasteiger charge is 2.26. The Labute approximate surface area is 335 Å². The summed E-state index contributed by atoms with van der Waals surface area (Å²) in [6.45, 7) is 0. The molecule has 0 nitrogen and oxygen atoms in total. The molecule has 254 valence electrons. The van der Waals surface area contributed by atoms with Crippen LogP contribution in [0.1, 0.15) is 0 Å². The van der Waals surface area contributed by atoms with Crippen molar-refractivity contribution in [3.8, 4) is 48.8 Å². The molecule has 12 aromatic rings. The maximum atomic E-state index is 2.34. The van der Waals surface area contributed by atoms with E-state index in [1.165, 1.54) is 113 Å². The Balaban J connectivity index is 1.08. The Kier molecular flexibility index (Phi) is 7.16. The Morgan fingerprint density at radius 1 is 0.204 bits per heavy atom. The van der Waals surface area contributed by atoms with Gasteiger partial charge in [-0.15, -0.1) is 68.0 Å². The van der Waals surface area contributed by atoms with E-state index in [1.807, 2.05) is 68.0 Å². The average Bonchev–Trinajstić information content (AvgIpc) is 4.09. The summed E-state index contributed by atoms with van der Waals surface area (Å²) in [5.74, 6) is 0. The van der Waals surface area contributed by atoms with Crippen LogP contribution < -0.4 is 0 Å². The maximum Gasteiger partial charge on any atom is 0.0534 e. The van der Waals surface area contributed by atoms with E-state index in [0.717, 1.165) is 0 Å². The first-order valence-corrected chi connectivity index (χ1v) is 22.8. The van der Waals surface area contributed by atoms with Crippen molar-refractivity contribution in [2.45, 2.75) is 0 Å². The largest absolute Gasteiger partial charge is 0.142 e. The second-order valence-electron chi connectivity index (χ2n) is 13.5. The van der Waals surface area contributed by atoms with Crippen molar-refractivity contribution in [2.24, 2.45) is 0 Å². The van der Waals surface area contributed by atoms with Crippen LogP contribution in [-0.4, -0.2) is 0 Å². The molecule has 0 radical (unpaired) electrons. The number of hydrogen-bond donors (Lipinski definition) is 0. The van der Waals surface area contributed by atoms with Gasteiger partial charge in [0.05, 0.1) is 48.8 Å². The molecule has 6 heteroatoms. The fourth-order valence-electron chi connectivity index (χ4n) is 8.05. The van der Waals surface area contributed by atoms with Crippen molar-refractivity contribution in [2.75, 3.05) is 0 Å². The standard InChI is InChI=1S/C48H26S6/c1-3-15-29-27(13-1)25-49-39(29)41-31-17-5-7-19-33(31)43(51-41)45-35-21-9-11-23-37(35)47(53-45)48-38-24-12-10-22-36(38)46(54-48)44-34-20-8-6-18-32(34)42(52-44)40-30-16-4-2-14-28(30)26-50-40/h1-26H. The molecule has 54 heavy (non-hydrogen) atoms. The fraction of sp³-hybridized carbons (Fsp3) is 0. The molecule has 0 fully saturated rings. The highest BCUT2D eigenvalue weighted by Crippen LogP contribution is 2.57. The predicted octanol–water partition coefficient (Wildman–Crippen LogP) is 17.3. The molecule has 0 aliphatic heterocycles. The molecule has 0 saturated carbocycles. The lowest BCUT2D eigenvalue weighted by Crippen LogP contribution is -1.72. The predicted molar refractivity (Wildman–Crippen MR) is 246 cm³/mol. The van der Waals surface area contributed by atoms with Crippen molar-refractivity contribution in [1.82, 2.24) is 0 Å². The Bertz CT molecular complexity index is 3180. The third-order valence-electron chi connectivity index (χ3n) is 10.5. The first kappa shape index (κ1) is 31.4. The van der Waals surface area contributed by atoms with Crippen LogP contribution in [0.3, 0.4) is 0 Å². The first-order valence-electron chi connectivity index (χ1n) is 17.8. The van der Waals surface area contributed by atoms with Gasteiger partial charge in [0.2, 0.25) is 0 Å². The molecule has 0 atom stereocenters. The van der Waals surface area contributed by atoms with Crippen LogP contribution in [0.4, 0.5) is 0 Å². The number of hydrogen-bond acceptors (Lipinski definition) is 6. The van der Waals surface area contributed by atoms with E-state index in [2.05, 4.69) is 156 Å². The van der Waals surface area contributed by atoms with Crippen molar-refractivity contribution in [3.05, 3.63) is 156 Å². The number of thiophene rings is 6. The second kappa shape index (κ2) is 12.3. The van der Waals surface area contributed by atoms with Crippen LogP contribution in [0.15, 0.2) is 156 Å². The van der Waals surface area contributed by atoms with Gasteiger partial charge in [0.25, 0.3) is 0 Å². The molecule has 0 bridgehead atoms. The lowest BCUT2D eigenvalue weighted by Gasteiger charge is -1.97. The summed E-state index contributed by atoms with van der Waals surface area (Å²) in [7, 11) is 0. The van der Waals surface area contributed by atoms with E-state index >= 15 is 0 Å². The van der Waals surface area contributed by atoms with Crippen molar-refractivity contribution in [3.63, 3.8) is 0 Å². The fourth-order valence-corrected chi connectivity index (χ4v) is 16.0. The Morgan fingerprint density at radius 3 is 0.667 bits per heavy atom. The van der Waals surface area contributed by atoms with E-state index in [4.69, 9.17) is 0 Å². The maximum absolute atomic E-state index is 2.34. The van der Waals surface area contributed by atoms with E-state index in [9.17, 15) is 0 Å². The number of benzene rings is 6. The van der Waals surface area contributed by atoms with Crippen molar-refractivity contribution < 1.29 is 0 Å². The third kappa shape index (κ3) is 4.62. The average molecular weight is 795 g/mol. The summed E-state index contributed by atoms with van der Waals surface area (Å²) in [4.78, 5) is 13.6. The summed E-state index contributed by atoms with van der Waals surface area (Å²) in [5, 5.41) is 20.6. The van der Waals surface area contributed by atoms with E-state index in [0.29, 0.717) is 0 Å². The van der Waals surface area contributed by atoms with Crippen molar-refractivity contribution >= 4 is 133 Å². The van der Waals surface area contributed by atoms with Gasteiger partial charge in [-0.25, -0.2) is 0 Å². The van der Waals surface area contributed by atoms with E-state index < -0.39 is 0 Å². The van der Waals surface area contributed by atoms with Crippen LogP contribution in [0, 0.1) is 0 Å². The molecule has 0 aliphatic rings. The lowest BCUT2D eigenvalue weighted by atomic mass is 10.0. The van der Waals surface area contributed by atoms with Gasteiger partial charge >= 0.3 is 0 Å². The summed E-state index contributed by atoms with van der Waals surface area (Å²) in [5.41, 5.74) is 0. The molecule has 6 heterocycles. The molecule has 6 aromatic heterocycles. The van der Waals surface area contributed by atoms with Crippen LogP contribution >= 0.6 is 68.0 Å². The van der Waals surface area contributed by atoms with E-state index in [-0.39, 0.29) is 0 Å². The van der Waals surface area contributed by atoms with Gasteiger partial charge in [-0.2, -0.15) is 0 Å². The van der Waals surface area contributed by atoms with Gasteiger partial charge in [0.15, 0.2) is 0 Å². The summed E-state index contributed by atoms with van der Waals surface area (Å²) in [6, 6.07) is 53.8. The van der Waals surface area contributed by atoms with Gasteiger partial charge in [-0.05, 0) is 21.5 Å². The monoisotopic (exact) mass is 794 g/mol. The highest BCUT2D eigenvalue weighted by molar-refractivity contribution is 7.33. The number of rotatable bonds is 5. The normalized spacial score (nSPS) is 12.1. The molecule has 0 unspecified atom stereocenters. The van der Waals surface area contributed by atoms with Crippen LogP contribution in [0.5, 0.6) is 0 Å². The first-order chi connectivity index (χ1) is 26.8. The molecule has 0 spiro atoms. The van der Waals surface area contributed by atoms with Crippen LogP contribution in [0.2, 0.25) is 0 Å². The molecular weight excluding hydrogens is 769 g/mol. The van der Waals surface area contributed by atoms with Crippen molar-refractivity contribution in [1.29, 1.82) is 0 Å². The van der Waals surface area contributed by atoms with Crippen LogP contribution in [0.25, 0.3) is 113 Å². The minimum atomic E-state index is 1.31. The minimum absolute atomic E-state index is 1.31. The minimum Gasteiger partial charge on any atom is -0.142 e. The second-order valence-corrected chi connectivity index (χ2v) is 19.4. The molecule has 12 rings (SSSR count). The van der Waals surface area contributed by atoms with Gasteiger partial charge in [-0.1, -0.05) is 146 Å². The number of fused-ring (bicyclic) bond motifs is 6. The topological polar surface area (TPSA) is 0 Å². The van der Waals surface area contributed by atoms with Crippen LogP contribution in [-0.2, 0) is 0 Å². The summed E-state index contributed by atoms with van der Waals surface area (Å²) in [6.07, 6.45) is 0. The molecule has 0 saturated heterocycles. The third-order valence-corrected chi connectivity index (χ3v) is 18.3. The lowest BCUT2D eigenvalue weighted by molar-refractivity contribution is 1.82. The quantitative estimate of drug-likeness (QED) is 0.163. The highest BCUT2D eigenvalue weighted by atomic mass is 32.1. The molecule has 6 aromatic carbocycles. The van der Waals surface area contributed by atoms with Gasteiger partial charge in [0, 0.05) is 53.9 Å². The zero-order chi connectivity index (χ0) is 35.3. The summed E-state index contributed by atoms with van der Waals surface area (Å²) >= 11 is 11.6. The smallest absolute Gasteiger partial charge is 0.0534 e. The van der Waals surface area contributed by atoms with Gasteiger partial charge in [-0.3, -0.25) is 0 Å². The summed E-state index contributed by atoms with van der Waals surface area (Å²) < 4.78 is 0. The Hall–Kier alpha value is -4.92. The zero-order valence-corrected chi connectivity index (χ0v) is 33.4. The SMILES string of the molecule is c1ccc2c(-c3sc(-c4sc(-c5sc(-c6sc(-c7scc8ccccc78)c7ccccc67)c6ccccc56)c5ccccc45)c4ccccc34)scc2c1. The Morgan fingerprint density at radius 2 is 0.407 bits per heavy atom. The molecular formula is C48H26S6. The van der Waals surface area contributed by atoms with E-state index in [1.54, 1.807) is 0 Å². The zero-order valence-electron chi connectivity index (χ0n) is 28.5. The molecule has 0 aliphatic carbocycles. The molecule has 0 N–H and O–H groups in total. The van der Waals surface area contributed by atoms with Gasteiger partial charge < -0.3 is 0 Å².